The van der Waals surface area contributed by atoms with Gasteiger partial charge in [0.1, 0.15) is 5.69 Å². The minimum Gasteiger partial charge on any atom is -0.327 e. The van der Waals surface area contributed by atoms with Crippen molar-refractivity contribution in [1.29, 1.82) is 0 Å². The van der Waals surface area contributed by atoms with Crippen LogP contribution < -0.4 is 5.56 Å². The lowest BCUT2D eigenvalue weighted by molar-refractivity contribution is 0.0649. The number of amides is 1. The van der Waals surface area contributed by atoms with Crippen molar-refractivity contribution < 1.29 is 4.79 Å². The summed E-state index contributed by atoms with van der Waals surface area (Å²) in [7, 11) is 0. The summed E-state index contributed by atoms with van der Waals surface area (Å²) in [4.78, 5) is 27.2. The average Bonchev–Trinajstić information content (AvgIpc) is 3.37. The van der Waals surface area contributed by atoms with Gasteiger partial charge in [0.25, 0.3) is 11.5 Å². The van der Waals surface area contributed by atoms with Gasteiger partial charge in [0.05, 0.1) is 6.04 Å². The second-order valence-electron chi connectivity index (χ2n) is 6.98. The fraction of sp³-hybridized carbons (Fsp3) is 0.450. The van der Waals surface area contributed by atoms with Crippen molar-refractivity contribution in [3.8, 4) is 0 Å². The van der Waals surface area contributed by atoms with Crippen molar-refractivity contribution in [1.82, 2.24) is 14.7 Å². The minimum atomic E-state index is -0.150. The first-order valence-corrected chi connectivity index (χ1v) is 9.17. The quantitative estimate of drug-likeness (QED) is 0.843. The zero-order valence-corrected chi connectivity index (χ0v) is 14.5. The summed E-state index contributed by atoms with van der Waals surface area (Å²) in [5.74, 6) is -0.0472. The molecule has 0 radical (unpaired) electrons. The van der Waals surface area contributed by atoms with Gasteiger partial charge in [0.15, 0.2) is 0 Å². The van der Waals surface area contributed by atoms with Crippen LogP contribution in [0.4, 0.5) is 0 Å². The Bertz CT molecular complexity index is 854. The topological polar surface area (TPSA) is 55.2 Å². The Kier molecular flexibility index (Phi) is 4.15. The molecule has 1 unspecified atom stereocenters. The Labute approximate surface area is 147 Å². The molecular formula is C20H23N3O2. The number of aryl methyl sites for hydroxylation is 2. The number of carbonyl (C=O) groups excluding carboxylic acids is 1. The number of fused-ring (bicyclic) bond motifs is 1. The maximum absolute atomic E-state index is 13.2. The lowest BCUT2D eigenvalue weighted by Gasteiger charge is -2.29. The van der Waals surface area contributed by atoms with E-state index in [-0.39, 0.29) is 17.5 Å². The molecule has 2 aliphatic carbocycles. The van der Waals surface area contributed by atoms with E-state index in [2.05, 4.69) is 23.3 Å². The average molecular weight is 337 g/mol. The van der Waals surface area contributed by atoms with E-state index in [9.17, 15) is 9.59 Å². The zero-order valence-electron chi connectivity index (χ0n) is 14.5. The van der Waals surface area contributed by atoms with E-state index in [1.54, 1.807) is 6.07 Å². The van der Waals surface area contributed by atoms with E-state index in [4.69, 9.17) is 0 Å². The molecule has 1 aromatic heterocycles. The monoisotopic (exact) mass is 337 g/mol. The van der Waals surface area contributed by atoms with Crippen LogP contribution in [0, 0.1) is 0 Å². The molecule has 130 valence electrons. The van der Waals surface area contributed by atoms with Gasteiger partial charge in [-0.25, -0.2) is 4.68 Å². The number of hydrogen-bond donors (Lipinski definition) is 0. The van der Waals surface area contributed by atoms with Gasteiger partial charge in [0.2, 0.25) is 0 Å². The van der Waals surface area contributed by atoms with Crippen LogP contribution in [0.3, 0.4) is 0 Å². The van der Waals surface area contributed by atoms with Gasteiger partial charge in [-0.3, -0.25) is 9.59 Å². The van der Waals surface area contributed by atoms with Crippen molar-refractivity contribution in [3.63, 3.8) is 0 Å². The molecule has 5 heteroatoms. The molecule has 1 amide bonds. The lowest BCUT2D eigenvalue weighted by Crippen LogP contribution is -2.37. The van der Waals surface area contributed by atoms with Crippen molar-refractivity contribution in [2.45, 2.75) is 57.7 Å². The third kappa shape index (κ3) is 2.99. The van der Waals surface area contributed by atoms with E-state index in [0.717, 1.165) is 32.1 Å². The number of rotatable bonds is 5. The molecule has 0 aliphatic heterocycles. The molecule has 5 nitrogen and oxygen atoms in total. The van der Waals surface area contributed by atoms with Crippen LogP contribution >= 0.6 is 0 Å². The predicted molar refractivity (Wildman–Crippen MR) is 95.5 cm³/mol. The van der Waals surface area contributed by atoms with Crippen LogP contribution in [0.15, 0.2) is 41.2 Å². The van der Waals surface area contributed by atoms with Crippen LogP contribution in [0.25, 0.3) is 0 Å². The maximum atomic E-state index is 13.2. The summed E-state index contributed by atoms with van der Waals surface area (Å²) < 4.78 is 1.40. The standard InChI is InChI=1S/C20H23N3O2/c1-2-13-22-19(24)12-10-17(21-22)20(25)23(15-8-9-15)18-11-7-14-5-3-4-6-16(14)18/h3-6,10,12,15,18H,2,7-9,11,13H2,1H3. The number of aromatic nitrogens is 2. The summed E-state index contributed by atoms with van der Waals surface area (Å²) in [6.07, 6.45) is 4.90. The van der Waals surface area contributed by atoms with Gasteiger partial charge in [0, 0.05) is 18.7 Å². The fourth-order valence-corrected chi connectivity index (χ4v) is 3.81. The van der Waals surface area contributed by atoms with E-state index >= 15 is 0 Å². The molecule has 1 fully saturated rings. The Morgan fingerprint density at radius 3 is 2.76 bits per heavy atom. The molecule has 0 bridgehead atoms. The first-order valence-electron chi connectivity index (χ1n) is 9.17. The number of benzene rings is 1. The summed E-state index contributed by atoms with van der Waals surface area (Å²) in [5, 5.41) is 4.33. The highest BCUT2D eigenvalue weighted by Crippen LogP contribution is 2.42. The van der Waals surface area contributed by atoms with Crippen LogP contribution in [0.5, 0.6) is 0 Å². The smallest absolute Gasteiger partial charge is 0.275 e. The third-order valence-corrected chi connectivity index (χ3v) is 5.13. The molecule has 4 rings (SSSR count). The highest BCUT2D eigenvalue weighted by Gasteiger charge is 2.41. The Balaban J connectivity index is 1.67. The maximum Gasteiger partial charge on any atom is 0.275 e. The van der Waals surface area contributed by atoms with E-state index in [1.807, 2.05) is 17.9 Å². The fourth-order valence-electron chi connectivity index (χ4n) is 3.81. The molecule has 1 atom stereocenters. The van der Waals surface area contributed by atoms with Crippen LogP contribution in [0.1, 0.15) is 60.3 Å². The second-order valence-corrected chi connectivity index (χ2v) is 6.98. The van der Waals surface area contributed by atoms with E-state index in [1.165, 1.54) is 21.9 Å². The normalized spacial score (nSPS) is 18.8. The Morgan fingerprint density at radius 2 is 2.00 bits per heavy atom. The molecular weight excluding hydrogens is 314 g/mol. The summed E-state index contributed by atoms with van der Waals surface area (Å²) in [5.41, 5.74) is 2.84. The molecule has 0 N–H and O–H groups in total. The molecule has 1 heterocycles. The SMILES string of the molecule is CCCn1nc(C(=O)N(C2CC2)C2CCc3ccccc32)ccc1=O. The molecule has 0 spiro atoms. The van der Waals surface area contributed by atoms with E-state index < -0.39 is 0 Å². The molecule has 1 aromatic carbocycles. The van der Waals surface area contributed by atoms with E-state index in [0.29, 0.717) is 18.3 Å². The lowest BCUT2D eigenvalue weighted by atomic mass is 10.1. The van der Waals surface area contributed by atoms with Crippen LogP contribution in [-0.4, -0.2) is 26.6 Å². The predicted octanol–water partition coefficient (Wildman–Crippen LogP) is 2.95. The van der Waals surface area contributed by atoms with Gasteiger partial charge in [-0.15, -0.1) is 0 Å². The zero-order chi connectivity index (χ0) is 17.4. The molecule has 2 aromatic rings. The first kappa shape index (κ1) is 16.1. The summed E-state index contributed by atoms with van der Waals surface area (Å²) >= 11 is 0. The first-order chi connectivity index (χ1) is 12.2. The molecule has 2 aliphatic rings. The molecule has 0 saturated heterocycles. The summed E-state index contributed by atoms with van der Waals surface area (Å²) in [6, 6.07) is 11.9. The minimum absolute atomic E-state index is 0.0472. The van der Waals surface area contributed by atoms with Gasteiger partial charge in [-0.05, 0) is 49.3 Å². The van der Waals surface area contributed by atoms with Crippen molar-refractivity contribution >= 4 is 5.91 Å². The number of hydrogen-bond acceptors (Lipinski definition) is 3. The number of nitrogens with zero attached hydrogens (tertiary/aromatic N) is 3. The highest BCUT2D eigenvalue weighted by atomic mass is 16.2. The highest BCUT2D eigenvalue weighted by molar-refractivity contribution is 5.93. The van der Waals surface area contributed by atoms with Crippen molar-refractivity contribution in [2.75, 3.05) is 0 Å². The largest absolute Gasteiger partial charge is 0.327 e. The number of carbonyl (C=O) groups is 1. The van der Waals surface area contributed by atoms with Gasteiger partial charge >= 0.3 is 0 Å². The third-order valence-electron chi connectivity index (χ3n) is 5.13. The van der Waals surface area contributed by atoms with Crippen molar-refractivity contribution in [2.24, 2.45) is 0 Å². The van der Waals surface area contributed by atoms with Gasteiger partial charge in [-0.1, -0.05) is 31.2 Å². The second kappa shape index (κ2) is 6.47. The Morgan fingerprint density at radius 1 is 1.20 bits per heavy atom. The molecule has 1 saturated carbocycles. The Hall–Kier alpha value is -2.43. The van der Waals surface area contributed by atoms with Crippen LogP contribution in [-0.2, 0) is 13.0 Å². The van der Waals surface area contributed by atoms with Crippen LogP contribution in [0.2, 0.25) is 0 Å². The molecule has 25 heavy (non-hydrogen) atoms. The van der Waals surface area contributed by atoms with Crippen molar-refractivity contribution in [3.05, 3.63) is 63.6 Å². The summed E-state index contributed by atoms with van der Waals surface area (Å²) in [6.45, 7) is 2.53. The van der Waals surface area contributed by atoms with Gasteiger partial charge in [-0.2, -0.15) is 5.10 Å². The van der Waals surface area contributed by atoms with Gasteiger partial charge < -0.3 is 4.90 Å².